The van der Waals surface area contributed by atoms with Gasteiger partial charge in [0, 0.05) is 17.9 Å². The molecule has 8 nitrogen and oxygen atoms in total. The number of carbonyl (C=O) groups is 1. The maximum atomic E-state index is 13.3. The molecule has 0 aliphatic rings. The maximum Gasteiger partial charge on any atom is 0.416 e. The van der Waals surface area contributed by atoms with E-state index in [-0.39, 0.29) is 29.9 Å². The first-order chi connectivity index (χ1) is 18.3. The van der Waals surface area contributed by atoms with E-state index in [0.29, 0.717) is 35.9 Å². The van der Waals surface area contributed by atoms with Gasteiger partial charge < -0.3 is 19.5 Å². The summed E-state index contributed by atoms with van der Waals surface area (Å²) in [6.07, 6.45) is -4.51. The summed E-state index contributed by atoms with van der Waals surface area (Å²) in [7, 11) is 1.48. The molecule has 0 aliphatic carbocycles. The third-order valence-corrected chi connectivity index (χ3v) is 5.42. The van der Waals surface area contributed by atoms with Gasteiger partial charge in [-0.3, -0.25) is 4.79 Å². The summed E-state index contributed by atoms with van der Waals surface area (Å²) in [6.45, 7) is 2.85. The number of hydrogen-bond donors (Lipinski definition) is 1. The predicted octanol–water partition coefficient (Wildman–Crippen LogP) is 5.63. The molecule has 0 saturated heterocycles. The Hall–Kier alpha value is -4.38. The van der Waals surface area contributed by atoms with Crippen LogP contribution in [0.2, 0.25) is 0 Å². The van der Waals surface area contributed by atoms with Gasteiger partial charge in [-0.15, -0.1) is 5.10 Å². The molecule has 198 valence electrons. The fraction of sp³-hybridized carbons (Fsp3) is 0.222. The number of nitrogens with zero attached hydrogens (tertiary/aromatic N) is 3. The molecule has 38 heavy (non-hydrogen) atoms. The van der Waals surface area contributed by atoms with E-state index in [1.165, 1.54) is 23.9 Å². The first kappa shape index (κ1) is 26.7. The lowest BCUT2D eigenvalue weighted by Gasteiger charge is -2.11. The summed E-state index contributed by atoms with van der Waals surface area (Å²) in [5.74, 6) is 0.241. The highest BCUT2D eigenvalue weighted by molar-refractivity contribution is 6.06. The van der Waals surface area contributed by atoms with Crippen molar-refractivity contribution in [1.29, 1.82) is 0 Å². The van der Waals surface area contributed by atoms with E-state index in [1.807, 2.05) is 6.92 Å². The zero-order valence-electron chi connectivity index (χ0n) is 20.7. The molecule has 1 N–H and O–H groups in total. The number of benzene rings is 3. The molecule has 0 atom stereocenters. The molecule has 3 aromatic carbocycles. The highest BCUT2D eigenvalue weighted by Crippen LogP contribution is 2.33. The Labute approximate surface area is 217 Å². The lowest BCUT2D eigenvalue weighted by atomic mass is 10.1. The van der Waals surface area contributed by atoms with Crippen molar-refractivity contribution >= 4 is 11.6 Å². The Morgan fingerprint density at radius 1 is 1.00 bits per heavy atom. The quantitative estimate of drug-likeness (QED) is 0.270. The summed E-state index contributed by atoms with van der Waals surface area (Å²) < 4.78 is 57.5. The second-order valence-corrected chi connectivity index (χ2v) is 7.96. The number of para-hydroxylation sites is 1. The van der Waals surface area contributed by atoms with Crippen molar-refractivity contribution in [2.24, 2.45) is 0 Å². The van der Waals surface area contributed by atoms with Crippen molar-refractivity contribution in [1.82, 2.24) is 14.8 Å². The lowest BCUT2D eigenvalue weighted by molar-refractivity contribution is -0.137. The van der Waals surface area contributed by atoms with Crippen LogP contribution in [0.25, 0.3) is 17.1 Å². The zero-order valence-corrected chi connectivity index (χ0v) is 20.7. The number of ether oxygens (including phenoxy) is 3. The molecule has 0 bridgehead atoms. The molecule has 0 unspecified atom stereocenters. The molecule has 0 saturated carbocycles. The van der Waals surface area contributed by atoms with Crippen LogP contribution in [-0.4, -0.2) is 47.6 Å². The average Bonchev–Trinajstić information content (AvgIpc) is 3.35. The number of halogens is 3. The fourth-order valence-corrected chi connectivity index (χ4v) is 3.61. The van der Waals surface area contributed by atoms with Gasteiger partial charge in [-0.05, 0) is 55.5 Å². The predicted molar refractivity (Wildman–Crippen MR) is 135 cm³/mol. The fourth-order valence-electron chi connectivity index (χ4n) is 3.61. The van der Waals surface area contributed by atoms with E-state index < -0.39 is 11.7 Å². The largest absolute Gasteiger partial charge is 0.496 e. The van der Waals surface area contributed by atoms with Crippen LogP contribution in [0.5, 0.6) is 11.8 Å². The molecule has 11 heteroatoms. The van der Waals surface area contributed by atoms with E-state index in [0.717, 1.165) is 12.1 Å². The Morgan fingerprint density at radius 3 is 2.47 bits per heavy atom. The molecule has 4 rings (SSSR count). The number of methoxy groups -OCH3 is 1. The lowest BCUT2D eigenvalue weighted by Crippen LogP contribution is -2.13. The Bertz CT molecular complexity index is 1390. The van der Waals surface area contributed by atoms with Crippen LogP contribution in [-0.2, 0) is 10.9 Å². The van der Waals surface area contributed by atoms with Crippen molar-refractivity contribution in [3.63, 3.8) is 0 Å². The maximum absolute atomic E-state index is 13.3. The van der Waals surface area contributed by atoms with E-state index >= 15 is 0 Å². The standard InChI is InChI=1S/C27H25F3N4O4/c1-3-37-15-16-38-26-32-24(18-7-6-8-19(17-18)27(28,29)30)34(33-26)21-13-11-20(12-14-21)31-25(35)22-9-4-5-10-23(22)36-2/h4-14,17H,3,15-16H2,1-2H3,(H,31,35). The zero-order chi connectivity index (χ0) is 27.1. The van der Waals surface area contributed by atoms with Gasteiger partial charge in [0.25, 0.3) is 5.91 Å². The highest BCUT2D eigenvalue weighted by Gasteiger charge is 2.31. The van der Waals surface area contributed by atoms with Gasteiger partial charge >= 0.3 is 12.2 Å². The summed E-state index contributed by atoms with van der Waals surface area (Å²) in [4.78, 5) is 17.0. The Balaban J connectivity index is 1.63. The van der Waals surface area contributed by atoms with Gasteiger partial charge in [-0.25, -0.2) is 4.68 Å². The number of carbonyl (C=O) groups excluding carboxylic acids is 1. The van der Waals surface area contributed by atoms with E-state index in [4.69, 9.17) is 14.2 Å². The number of amides is 1. The molecule has 0 radical (unpaired) electrons. The van der Waals surface area contributed by atoms with Crippen molar-refractivity contribution in [3.05, 3.63) is 83.9 Å². The van der Waals surface area contributed by atoms with Gasteiger partial charge in [0.2, 0.25) is 0 Å². The molecule has 0 aliphatic heterocycles. The molecule has 4 aromatic rings. The third kappa shape index (κ3) is 6.30. The van der Waals surface area contributed by atoms with Crippen molar-refractivity contribution in [3.8, 4) is 28.8 Å². The SMILES string of the molecule is CCOCCOc1nc(-c2cccc(C(F)(F)F)c2)n(-c2ccc(NC(=O)c3ccccc3OC)cc2)n1. The van der Waals surface area contributed by atoms with Gasteiger partial charge in [0.05, 0.1) is 30.5 Å². The minimum absolute atomic E-state index is 0.00864. The highest BCUT2D eigenvalue weighted by atomic mass is 19.4. The molecule has 1 heterocycles. The first-order valence-corrected chi connectivity index (χ1v) is 11.7. The molecule has 1 amide bonds. The van der Waals surface area contributed by atoms with E-state index in [1.54, 1.807) is 48.5 Å². The van der Waals surface area contributed by atoms with E-state index in [9.17, 15) is 18.0 Å². The normalized spacial score (nSPS) is 11.3. The monoisotopic (exact) mass is 526 g/mol. The first-order valence-electron chi connectivity index (χ1n) is 11.7. The third-order valence-electron chi connectivity index (χ3n) is 5.42. The van der Waals surface area contributed by atoms with Crippen LogP contribution in [0.3, 0.4) is 0 Å². The molecular formula is C27H25F3N4O4. The summed E-state index contributed by atoms with van der Waals surface area (Å²) in [5, 5.41) is 7.15. The molecule has 1 aromatic heterocycles. The topological polar surface area (TPSA) is 87.5 Å². The Morgan fingerprint density at radius 2 is 1.76 bits per heavy atom. The number of nitrogens with one attached hydrogen (secondary N) is 1. The van der Waals surface area contributed by atoms with Gasteiger partial charge in [0.15, 0.2) is 5.82 Å². The van der Waals surface area contributed by atoms with Crippen LogP contribution < -0.4 is 14.8 Å². The number of anilines is 1. The van der Waals surface area contributed by atoms with Crippen LogP contribution in [0.15, 0.2) is 72.8 Å². The van der Waals surface area contributed by atoms with Crippen molar-refractivity contribution in [2.45, 2.75) is 13.1 Å². The minimum Gasteiger partial charge on any atom is -0.496 e. The summed E-state index contributed by atoms with van der Waals surface area (Å²) in [5.41, 5.74) is 0.771. The van der Waals surface area contributed by atoms with Crippen LogP contribution in [0.4, 0.5) is 18.9 Å². The Kier molecular flexibility index (Phi) is 8.27. The van der Waals surface area contributed by atoms with Crippen LogP contribution in [0, 0.1) is 0 Å². The number of rotatable bonds is 10. The second kappa shape index (κ2) is 11.8. The van der Waals surface area contributed by atoms with E-state index in [2.05, 4.69) is 15.4 Å². The molecule has 0 spiro atoms. The van der Waals surface area contributed by atoms with Crippen LogP contribution in [0.1, 0.15) is 22.8 Å². The van der Waals surface area contributed by atoms with Gasteiger partial charge in [0.1, 0.15) is 12.4 Å². The number of alkyl halides is 3. The number of hydrogen-bond acceptors (Lipinski definition) is 6. The average molecular weight is 527 g/mol. The summed E-state index contributed by atoms with van der Waals surface area (Å²) >= 11 is 0. The van der Waals surface area contributed by atoms with Crippen LogP contribution >= 0.6 is 0 Å². The van der Waals surface area contributed by atoms with Crippen molar-refractivity contribution in [2.75, 3.05) is 32.2 Å². The van der Waals surface area contributed by atoms with Crippen molar-refractivity contribution < 1.29 is 32.2 Å². The second-order valence-electron chi connectivity index (χ2n) is 7.96. The van der Waals surface area contributed by atoms with Gasteiger partial charge in [-0.1, -0.05) is 24.3 Å². The smallest absolute Gasteiger partial charge is 0.416 e. The molecule has 0 fully saturated rings. The molecular weight excluding hydrogens is 501 g/mol. The number of aromatic nitrogens is 3. The summed E-state index contributed by atoms with van der Waals surface area (Å²) in [6, 6.07) is 18.3. The minimum atomic E-state index is -4.51. The van der Waals surface area contributed by atoms with Gasteiger partial charge in [-0.2, -0.15) is 18.2 Å².